The van der Waals surface area contributed by atoms with Crippen LogP contribution in [0.25, 0.3) is 0 Å². The second-order valence-electron chi connectivity index (χ2n) is 7.18. The van der Waals surface area contributed by atoms with Crippen LogP contribution in [0.2, 0.25) is 0 Å². The van der Waals surface area contributed by atoms with Crippen LogP contribution in [0.5, 0.6) is 0 Å². The number of nitrogens with zero attached hydrogens (tertiary/aromatic N) is 3. The first kappa shape index (κ1) is 24.4. The van der Waals surface area contributed by atoms with E-state index in [1.54, 1.807) is 0 Å². The van der Waals surface area contributed by atoms with Crippen LogP contribution >= 0.6 is 0 Å². The van der Waals surface area contributed by atoms with Gasteiger partial charge in [0.2, 0.25) is 0 Å². The summed E-state index contributed by atoms with van der Waals surface area (Å²) in [5.41, 5.74) is 0.224. The van der Waals surface area contributed by atoms with Gasteiger partial charge in [-0.15, -0.1) is 0 Å². The Hall–Kier alpha value is 1.45. The maximum atomic E-state index is 5.47. The molecule has 1 unspecified atom stereocenters. The van der Waals surface area contributed by atoms with E-state index in [0.29, 0.717) is 6.04 Å². The van der Waals surface area contributed by atoms with Gasteiger partial charge in [-0.05, 0) is 24.5 Å². The van der Waals surface area contributed by atoms with Crippen molar-refractivity contribution in [2.75, 3.05) is 69.6 Å². The first-order valence-electron chi connectivity index (χ1n) is 8.35. The quantitative estimate of drug-likeness (QED) is 0.459. The Balaban J connectivity index is 0.00000484. The number of hydrogen-bond acceptors (Lipinski definition) is 6. The van der Waals surface area contributed by atoms with Gasteiger partial charge in [0, 0.05) is 56.3 Å². The molecule has 1 atom stereocenters. The zero-order valence-corrected chi connectivity index (χ0v) is 18.1. The molecule has 0 N–H and O–H groups in total. The van der Waals surface area contributed by atoms with Crippen LogP contribution in [-0.2, 0) is 55.0 Å². The molecule has 143 valence electrons. The average molecular weight is 426 g/mol. The van der Waals surface area contributed by atoms with Gasteiger partial charge < -0.3 is 47.7 Å². The Morgan fingerprint density at radius 2 is 1.17 bits per heavy atom. The third-order valence-corrected chi connectivity index (χ3v) is 5.23. The minimum atomic E-state index is 0. The molecule has 0 saturated carbocycles. The van der Waals surface area contributed by atoms with Crippen molar-refractivity contribution < 1.29 is 17.1 Å². The Labute approximate surface area is 171 Å². The molecule has 3 nitrogen and oxygen atoms in total. The fourth-order valence-electron chi connectivity index (χ4n) is 3.08. The number of hydrogen-bond donors (Lipinski definition) is 0. The van der Waals surface area contributed by atoms with Gasteiger partial charge in [-0.25, -0.2) is 0 Å². The Morgan fingerprint density at radius 3 is 1.48 bits per heavy atom. The summed E-state index contributed by atoms with van der Waals surface area (Å²) in [5, 5.41) is 0. The monoisotopic (exact) mass is 425 g/mol. The molecule has 1 heterocycles. The fourth-order valence-corrected chi connectivity index (χ4v) is 4.31. The van der Waals surface area contributed by atoms with Crippen LogP contribution in [0.1, 0.15) is 20.8 Å². The van der Waals surface area contributed by atoms with Crippen LogP contribution in [0.3, 0.4) is 0 Å². The molecule has 0 aromatic heterocycles. The van der Waals surface area contributed by atoms with E-state index in [4.69, 9.17) is 37.9 Å². The average Bonchev–Trinajstić information content (AvgIpc) is 2.53. The minimum Gasteiger partial charge on any atom is -0.791 e. The van der Waals surface area contributed by atoms with E-state index in [1.165, 1.54) is 0 Å². The molecule has 0 aliphatic carbocycles. The van der Waals surface area contributed by atoms with Crippen molar-refractivity contribution in [1.82, 2.24) is 14.7 Å². The third-order valence-electron chi connectivity index (χ3n) is 4.55. The Morgan fingerprint density at radius 1 is 0.783 bits per heavy atom. The van der Waals surface area contributed by atoms with E-state index in [0.717, 1.165) is 69.6 Å². The molecule has 0 aromatic rings. The second-order valence-corrected chi connectivity index (χ2v) is 8.33. The molecule has 7 heteroatoms. The maximum absolute atomic E-state index is 5.47. The molecule has 0 amide bonds. The molecule has 0 aromatic carbocycles. The van der Waals surface area contributed by atoms with Gasteiger partial charge in [0.05, 0.1) is 0 Å². The van der Waals surface area contributed by atoms with Gasteiger partial charge in [-0.2, -0.15) is 17.3 Å². The molecule has 1 radical (unpaired) electrons. The summed E-state index contributed by atoms with van der Waals surface area (Å²) in [6.07, 6.45) is 0. The SMILES string of the molecule is CC(C)(C)C(C[S-])N1CCN(CC[S-])CCN(CC[S-])CC1.[Cu]. The second kappa shape index (κ2) is 12.7. The smallest absolute Gasteiger partial charge is 0.0112 e. The fraction of sp³-hybridized carbons (Fsp3) is 1.00. The maximum Gasteiger partial charge on any atom is 0.0112 e. The molecule has 0 spiro atoms. The van der Waals surface area contributed by atoms with E-state index in [9.17, 15) is 0 Å². The first-order chi connectivity index (χ1) is 10.4. The van der Waals surface area contributed by atoms with Crippen LogP contribution < -0.4 is 0 Å². The predicted molar refractivity (Wildman–Crippen MR) is 104 cm³/mol. The van der Waals surface area contributed by atoms with Crippen LogP contribution in [0.15, 0.2) is 0 Å². The summed E-state index contributed by atoms with van der Waals surface area (Å²) >= 11 is 15.8. The summed E-state index contributed by atoms with van der Waals surface area (Å²) in [6, 6.07) is 0.455. The summed E-state index contributed by atoms with van der Waals surface area (Å²) < 4.78 is 0. The van der Waals surface area contributed by atoms with E-state index in [2.05, 4.69) is 35.5 Å². The van der Waals surface area contributed by atoms with Gasteiger partial charge >= 0.3 is 0 Å². The molecule has 0 bridgehead atoms. The van der Waals surface area contributed by atoms with Crippen molar-refractivity contribution >= 4 is 37.9 Å². The van der Waals surface area contributed by atoms with Crippen molar-refractivity contribution in [3.63, 3.8) is 0 Å². The Kier molecular flexibility index (Phi) is 13.5. The third kappa shape index (κ3) is 9.09. The van der Waals surface area contributed by atoms with E-state index in [1.807, 2.05) is 0 Å². The molecular weight excluding hydrogens is 394 g/mol. The first-order valence-corrected chi connectivity index (χ1v) is 10.1. The molecule has 1 rings (SSSR count). The zero-order valence-electron chi connectivity index (χ0n) is 14.7. The largest absolute Gasteiger partial charge is 0.791 e. The molecule has 1 aliphatic heterocycles. The van der Waals surface area contributed by atoms with Crippen LogP contribution in [0.4, 0.5) is 0 Å². The van der Waals surface area contributed by atoms with E-state index < -0.39 is 0 Å². The minimum absolute atomic E-state index is 0. The van der Waals surface area contributed by atoms with Crippen molar-refractivity contribution in [1.29, 1.82) is 0 Å². The summed E-state index contributed by atoms with van der Waals surface area (Å²) in [5.74, 6) is 2.42. The Bertz CT molecular complexity index is 285. The van der Waals surface area contributed by atoms with Gasteiger partial charge in [0.25, 0.3) is 0 Å². The standard InChI is InChI=1S/C16H35N3S3.Cu/c1-16(2,3)15(14-22)19-8-6-17(10-12-20)4-5-18(7-9-19)11-13-21;/h15,20-22H,4-14H2,1-3H3;/p-3. The summed E-state index contributed by atoms with van der Waals surface area (Å²) in [6.45, 7) is 15.5. The van der Waals surface area contributed by atoms with Crippen molar-refractivity contribution in [3.8, 4) is 0 Å². The topological polar surface area (TPSA) is 9.72 Å². The zero-order chi connectivity index (χ0) is 16.6. The summed E-state index contributed by atoms with van der Waals surface area (Å²) in [7, 11) is 0. The van der Waals surface area contributed by atoms with Gasteiger partial charge in [-0.3, -0.25) is 4.90 Å². The van der Waals surface area contributed by atoms with Crippen molar-refractivity contribution in [2.24, 2.45) is 5.41 Å². The number of rotatable bonds is 6. The van der Waals surface area contributed by atoms with Crippen LogP contribution in [0, 0.1) is 5.41 Å². The van der Waals surface area contributed by atoms with Crippen LogP contribution in [-0.4, -0.2) is 90.4 Å². The van der Waals surface area contributed by atoms with E-state index >= 15 is 0 Å². The normalized spacial score (nSPS) is 21.1. The van der Waals surface area contributed by atoms with Crippen molar-refractivity contribution in [2.45, 2.75) is 26.8 Å². The molecule has 1 saturated heterocycles. The summed E-state index contributed by atoms with van der Waals surface area (Å²) in [4.78, 5) is 7.61. The predicted octanol–water partition coefficient (Wildman–Crippen LogP) is 0.959. The molecule has 1 aliphatic rings. The van der Waals surface area contributed by atoms with E-state index in [-0.39, 0.29) is 22.5 Å². The van der Waals surface area contributed by atoms with Gasteiger partial charge in [-0.1, -0.05) is 20.8 Å². The molecule has 23 heavy (non-hydrogen) atoms. The molecule has 1 fully saturated rings. The van der Waals surface area contributed by atoms with Crippen molar-refractivity contribution in [3.05, 3.63) is 0 Å². The van der Waals surface area contributed by atoms with Gasteiger partial charge in [0.1, 0.15) is 0 Å². The molecular formula is C16H32CuN3S3-3. The van der Waals surface area contributed by atoms with Gasteiger partial charge in [0.15, 0.2) is 0 Å².